The molecule has 0 saturated carbocycles. The molecule has 2 radical (unpaired) electrons. The Bertz CT molecular complexity index is 15.5. The number of hydrogen-bond donors (Lipinski definition) is 0. The summed E-state index contributed by atoms with van der Waals surface area (Å²) in [4.78, 5) is 0. The van der Waals surface area contributed by atoms with E-state index >= 15 is 0 Å². The van der Waals surface area contributed by atoms with Crippen LogP contribution >= 0.6 is 0 Å². The smallest absolute Gasteiger partial charge is 0 e. The van der Waals surface area contributed by atoms with Gasteiger partial charge in [-0.05, 0) is 0 Å². The Morgan fingerprint density at radius 3 is 1.00 bits per heavy atom. The molecule has 0 aliphatic rings. The summed E-state index contributed by atoms with van der Waals surface area (Å²) in [6, 6.07) is 0. The summed E-state index contributed by atoms with van der Waals surface area (Å²) >= 11 is 0. The van der Waals surface area contributed by atoms with Crippen molar-refractivity contribution in [1.82, 2.24) is 0 Å². The Kier molecular flexibility index (Phi) is 208. The summed E-state index contributed by atoms with van der Waals surface area (Å²) < 4.78 is 0. The van der Waals surface area contributed by atoms with Crippen molar-refractivity contribution in [2.75, 3.05) is 0 Å². The van der Waals surface area contributed by atoms with Gasteiger partial charge in [-0.15, -0.1) is 0 Å². The summed E-state index contributed by atoms with van der Waals surface area (Å²) in [6.07, 6.45) is 0. The Morgan fingerprint density at radius 1 is 1.00 bits per heavy atom. The first-order valence-corrected chi connectivity index (χ1v) is 0. The molecule has 0 aliphatic heterocycles. The first-order valence-electron chi connectivity index (χ1n) is 0. The van der Waals surface area contributed by atoms with Crippen LogP contribution in [0.4, 0.5) is 0 Å². The molecule has 0 bridgehead atoms. The molecule has 6 heteroatoms. The minimum atomic E-state index is 0. The summed E-state index contributed by atoms with van der Waals surface area (Å²) in [5.41, 5.74) is 0. The third-order valence-electron chi connectivity index (χ3n) is 0. The first-order chi connectivity index (χ1) is 0. The molecule has 0 nitrogen and oxygen atoms in total. The molecule has 0 saturated heterocycles. The van der Waals surface area contributed by atoms with Gasteiger partial charge in [0.15, 0.2) is 0 Å². The van der Waals surface area contributed by atoms with Crippen LogP contribution < -0.4 is 0 Å². The fraction of sp³-hybridized carbons (Fsp3) is 0. The van der Waals surface area contributed by atoms with Crippen molar-refractivity contribution in [3.05, 3.63) is 0 Å². The maximum absolute atomic E-state index is 0. The first kappa shape index (κ1) is 40.7. The third kappa shape index (κ3) is 22.5. The summed E-state index contributed by atoms with van der Waals surface area (Å²) in [6.45, 7) is 0. The van der Waals surface area contributed by atoms with Crippen LogP contribution in [-0.2, 0) is 71.0 Å². The maximum Gasteiger partial charge on any atom is 0 e. The molecule has 0 unspecified atom stereocenters. The number of rotatable bonds is 0. The SMILES string of the molecule is [BiH3].[KH].[NaH].[Nb].[Ta].[Zr]. The Hall–Kier alpha value is 5.88. The van der Waals surface area contributed by atoms with Gasteiger partial charge in [-0.1, -0.05) is 0 Å². The Balaban J connectivity index is 0. The van der Waals surface area contributed by atoms with Gasteiger partial charge < -0.3 is 0 Å². The van der Waals surface area contributed by atoms with Gasteiger partial charge in [0, 0.05) is 71.0 Å². The molecule has 26 valence electrons. The van der Waals surface area contributed by atoms with E-state index in [1.807, 2.05) is 0 Å². The second-order valence-corrected chi connectivity index (χ2v) is 0. The van der Waals surface area contributed by atoms with Crippen molar-refractivity contribution < 1.29 is 71.0 Å². The van der Waals surface area contributed by atoms with E-state index in [0.29, 0.717) is 0 Å². The van der Waals surface area contributed by atoms with Crippen LogP contribution in [0, 0.1) is 0 Å². The number of hydrogen-bond acceptors (Lipinski definition) is 0. The molecule has 0 rings (SSSR count). The molecule has 0 aromatic heterocycles. The van der Waals surface area contributed by atoms with Crippen LogP contribution in [-0.4, -0.2) is 107 Å². The monoisotopic (exact) mass is 640 g/mol. The molecule has 0 aromatic rings. The fourth-order valence-electron chi connectivity index (χ4n) is 0. The van der Waals surface area contributed by atoms with Gasteiger partial charge in [0.05, 0.1) is 0 Å². The molecule has 0 spiro atoms. The molecule has 0 fully saturated rings. The molecule has 0 heterocycles. The van der Waals surface area contributed by atoms with Gasteiger partial charge in [-0.25, -0.2) is 0 Å². The largest absolute Gasteiger partial charge is 0 e. The minimum absolute atomic E-state index is 0. The van der Waals surface area contributed by atoms with Crippen molar-refractivity contribution in [2.24, 2.45) is 0 Å². The van der Waals surface area contributed by atoms with E-state index in [1.165, 1.54) is 0 Å². The predicted molar refractivity (Wildman–Crippen MR) is 24.2 cm³/mol. The van der Waals surface area contributed by atoms with E-state index < -0.39 is 0 Å². The van der Waals surface area contributed by atoms with Gasteiger partial charge >= 0.3 is 107 Å². The van der Waals surface area contributed by atoms with E-state index in [2.05, 4.69) is 0 Å². The van der Waals surface area contributed by atoms with E-state index in [9.17, 15) is 0 Å². The summed E-state index contributed by atoms with van der Waals surface area (Å²) in [5, 5.41) is 0. The van der Waals surface area contributed by atoms with Crippen molar-refractivity contribution in [1.29, 1.82) is 0 Å². The van der Waals surface area contributed by atoms with Crippen LogP contribution in [0.15, 0.2) is 0 Å². The normalized spacial score (nSPS) is 0. The zero-order valence-electron chi connectivity index (χ0n) is 2.10. The van der Waals surface area contributed by atoms with E-state index in [-0.39, 0.29) is 178 Å². The molecule has 0 N–H and O–H groups in total. The van der Waals surface area contributed by atoms with Crippen molar-refractivity contribution >= 4 is 107 Å². The summed E-state index contributed by atoms with van der Waals surface area (Å²) in [7, 11) is 0. The van der Waals surface area contributed by atoms with Crippen LogP contribution in [0.5, 0.6) is 0 Å². The zero-order chi connectivity index (χ0) is 0. The average molecular weight is 641 g/mol. The van der Waals surface area contributed by atoms with E-state index in [0.717, 1.165) is 0 Å². The van der Waals surface area contributed by atoms with Gasteiger partial charge in [0.1, 0.15) is 0 Å². The van der Waals surface area contributed by atoms with Gasteiger partial charge in [0.25, 0.3) is 0 Å². The van der Waals surface area contributed by atoms with Gasteiger partial charge in [0.2, 0.25) is 0 Å². The Morgan fingerprint density at radius 2 is 1.00 bits per heavy atom. The Labute approximate surface area is 172 Å². The van der Waals surface area contributed by atoms with Crippen LogP contribution in [0.1, 0.15) is 0 Å². The fourth-order valence-corrected chi connectivity index (χ4v) is 0. The van der Waals surface area contributed by atoms with Gasteiger partial charge in [-0.3, -0.25) is 0 Å². The van der Waals surface area contributed by atoms with Gasteiger partial charge in [-0.2, -0.15) is 0 Å². The summed E-state index contributed by atoms with van der Waals surface area (Å²) in [5.74, 6) is 0. The minimum Gasteiger partial charge on any atom is 0 e. The van der Waals surface area contributed by atoms with Crippen LogP contribution in [0.2, 0.25) is 0 Å². The molecule has 0 aliphatic carbocycles. The van der Waals surface area contributed by atoms with Crippen molar-refractivity contribution in [3.8, 4) is 0 Å². The molecule has 0 atom stereocenters. The molecular formula is H5BiKNaNbTaZr. The molecular weight excluding hydrogens is 636 g/mol. The van der Waals surface area contributed by atoms with Crippen LogP contribution in [0.3, 0.4) is 0 Å². The zero-order valence-corrected chi connectivity index (χ0v) is 15.5. The van der Waals surface area contributed by atoms with Crippen molar-refractivity contribution in [3.63, 3.8) is 0 Å². The quantitative estimate of drug-likeness (QED) is 0.258. The topological polar surface area (TPSA) is 0 Å². The standard InChI is InChI=1S/Bi.K.Na.Nb.Ta.Zr.5H. The molecule has 0 aromatic carbocycles. The van der Waals surface area contributed by atoms with Crippen LogP contribution in [0.25, 0.3) is 0 Å². The van der Waals surface area contributed by atoms with Crippen molar-refractivity contribution in [2.45, 2.75) is 0 Å². The molecule has 6 heavy (non-hydrogen) atoms. The molecule has 0 amide bonds. The predicted octanol–water partition coefficient (Wildman–Crippen LogP) is -2.49. The second kappa shape index (κ2) is 30.7. The van der Waals surface area contributed by atoms with E-state index in [4.69, 9.17) is 0 Å². The third-order valence-corrected chi connectivity index (χ3v) is 0. The van der Waals surface area contributed by atoms with E-state index in [1.54, 1.807) is 0 Å². The average Bonchev–Trinajstić information content (AvgIpc) is 0. The second-order valence-electron chi connectivity index (χ2n) is 0. The maximum atomic E-state index is 0.